The molecule has 0 unspecified atom stereocenters. The molecule has 0 aromatic rings. The lowest BCUT2D eigenvalue weighted by atomic mass is 10.1. The van der Waals surface area contributed by atoms with Gasteiger partial charge in [0.05, 0.1) is 12.3 Å². The molecule has 4 N–H and O–H groups in total. The number of nitrogens with one attached hydrogen (secondary N) is 1. The molecule has 118 valence electrons. The largest absolute Gasteiger partial charge is 0.409 e. The smallest absolute Gasteiger partial charge is 0.211 e. The molecule has 1 aliphatic heterocycles. The lowest BCUT2D eigenvalue weighted by Gasteiger charge is -2.31. The molecule has 0 spiro atoms. The number of nitrogens with two attached hydrogens (primary N) is 1. The Hall–Kier alpha value is -0.860. The van der Waals surface area contributed by atoms with E-state index in [-0.39, 0.29) is 17.6 Å². The van der Waals surface area contributed by atoms with Crippen LogP contribution in [0.1, 0.15) is 33.1 Å². The van der Waals surface area contributed by atoms with Gasteiger partial charge in [0.1, 0.15) is 0 Å². The number of oxime groups is 1. The highest BCUT2D eigenvalue weighted by Gasteiger charge is 2.23. The number of sulfonamides is 1. The first kappa shape index (κ1) is 17.2. The summed E-state index contributed by atoms with van der Waals surface area (Å²) in [5.41, 5.74) is 5.45. The molecule has 20 heavy (non-hydrogen) atoms. The summed E-state index contributed by atoms with van der Waals surface area (Å²) in [6.07, 6.45) is 2.18. The van der Waals surface area contributed by atoms with Crippen LogP contribution in [-0.4, -0.2) is 55.8 Å². The summed E-state index contributed by atoms with van der Waals surface area (Å²) in [5.74, 6) is 0.754. The number of piperidine rings is 1. The van der Waals surface area contributed by atoms with Crippen LogP contribution in [0.4, 0.5) is 0 Å². The van der Waals surface area contributed by atoms with Crippen LogP contribution < -0.4 is 10.5 Å². The minimum atomic E-state index is -3.18. The van der Waals surface area contributed by atoms with Gasteiger partial charge in [-0.3, -0.25) is 4.90 Å². The molecule has 0 radical (unpaired) electrons. The molecule has 0 amide bonds. The van der Waals surface area contributed by atoms with Crippen molar-refractivity contribution >= 4 is 15.9 Å². The monoisotopic (exact) mass is 306 g/mol. The van der Waals surface area contributed by atoms with Gasteiger partial charge in [-0.15, -0.1) is 0 Å². The molecule has 0 aromatic carbocycles. The molecule has 7 nitrogen and oxygen atoms in total. The Kier molecular flexibility index (Phi) is 6.70. The van der Waals surface area contributed by atoms with E-state index in [1.165, 1.54) is 0 Å². The minimum absolute atomic E-state index is 0.00398. The second-order valence-corrected chi connectivity index (χ2v) is 7.63. The highest BCUT2D eigenvalue weighted by Crippen LogP contribution is 2.12. The zero-order chi connectivity index (χ0) is 15.2. The van der Waals surface area contributed by atoms with E-state index >= 15 is 0 Å². The van der Waals surface area contributed by atoms with Gasteiger partial charge >= 0.3 is 0 Å². The van der Waals surface area contributed by atoms with E-state index in [9.17, 15) is 8.42 Å². The standard InChI is InChI=1S/C12H26N4O3S/c1-10(2)5-8-20(18,19)15-11-3-6-16(7-4-11)9-12(13)14-17/h10-11,15,17H,3-9H2,1-2H3,(H2,13,14). The Balaban J connectivity index is 2.35. The average molecular weight is 306 g/mol. The summed E-state index contributed by atoms with van der Waals surface area (Å²) in [4.78, 5) is 2.05. The van der Waals surface area contributed by atoms with Crippen molar-refractivity contribution in [2.45, 2.75) is 39.2 Å². The zero-order valence-corrected chi connectivity index (χ0v) is 13.1. The molecule has 1 rings (SSSR count). The summed E-state index contributed by atoms with van der Waals surface area (Å²) in [5, 5.41) is 11.5. The van der Waals surface area contributed by atoms with Crippen LogP contribution in [-0.2, 0) is 10.0 Å². The van der Waals surface area contributed by atoms with E-state index in [0.29, 0.717) is 18.9 Å². The van der Waals surface area contributed by atoms with Crippen molar-refractivity contribution < 1.29 is 13.6 Å². The summed E-state index contributed by atoms with van der Waals surface area (Å²) < 4.78 is 26.6. The van der Waals surface area contributed by atoms with Crippen LogP contribution in [0.15, 0.2) is 5.16 Å². The first-order valence-electron chi connectivity index (χ1n) is 7.01. The molecule has 8 heteroatoms. The predicted molar refractivity (Wildman–Crippen MR) is 79.2 cm³/mol. The molecule has 1 aliphatic rings. The third kappa shape index (κ3) is 6.53. The van der Waals surface area contributed by atoms with Crippen molar-refractivity contribution in [3.05, 3.63) is 0 Å². The first-order chi connectivity index (χ1) is 9.32. The van der Waals surface area contributed by atoms with Gasteiger partial charge in [0.15, 0.2) is 5.84 Å². The third-order valence-electron chi connectivity index (χ3n) is 3.41. The van der Waals surface area contributed by atoms with Gasteiger partial charge in [-0.1, -0.05) is 19.0 Å². The van der Waals surface area contributed by atoms with Gasteiger partial charge in [-0.05, 0) is 25.2 Å². The van der Waals surface area contributed by atoms with Crippen molar-refractivity contribution in [3.8, 4) is 0 Å². The van der Waals surface area contributed by atoms with Crippen LogP contribution in [0.2, 0.25) is 0 Å². The van der Waals surface area contributed by atoms with E-state index in [1.54, 1.807) is 0 Å². The quantitative estimate of drug-likeness (QED) is 0.269. The fraction of sp³-hybridized carbons (Fsp3) is 0.917. The van der Waals surface area contributed by atoms with E-state index in [0.717, 1.165) is 25.9 Å². The maximum atomic E-state index is 11.9. The van der Waals surface area contributed by atoms with E-state index in [2.05, 4.69) is 9.88 Å². The van der Waals surface area contributed by atoms with Gasteiger partial charge in [0.2, 0.25) is 10.0 Å². The first-order valence-corrected chi connectivity index (χ1v) is 8.66. The van der Waals surface area contributed by atoms with Gasteiger partial charge < -0.3 is 10.9 Å². The van der Waals surface area contributed by atoms with Crippen molar-refractivity contribution in [3.63, 3.8) is 0 Å². The molecule has 0 bridgehead atoms. The average Bonchev–Trinajstić information content (AvgIpc) is 2.38. The molecule has 1 fully saturated rings. The number of hydrogen-bond acceptors (Lipinski definition) is 5. The number of nitrogens with zero attached hydrogens (tertiary/aromatic N) is 2. The number of hydrogen-bond donors (Lipinski definition) is 3. The highest BCUT2D eigenvalue weighted by molar-refractivity contribution is 7.89. The lowest BCUT2D eigenvalue weighted by molar-refractivity contribution is 0.228. The van der Waals surface area contributed by atoms with Crippen molar-refractivity contribution in [2.75, 3.05) is 25.4 Å². The van der Waals surface area contributed by atoms with E-state index in [4.69, 9.17) is 10.9 Å². The summed E-state index contributed by atoms with van der Waals surface area (Å²) in [6.45, 7) is 5.94. The fourth-order valence-electron chi connectivity index (χ4n) is 2.17. The predicted octanol–water partition coefficient (Wildman–Crippen LogP) is 0.163. The van der Waals surface area contributed by atoms with Gasteiger partial charge in [-0.2, -0.15) is 0 Å². The summed E-state index contributed by atoms with van der Waals surface area (Å²) in [7, 11) is -3.18. The molecule has 0 aromatic heterocycles. The molecule has 1 heterocycles. The fourth-order valence-corrected chi connectivity index (χ4v) is 3.82. The Bertz CT molecular complexity index is 414. The number of amidine groups is 1. The third-order valence-corrected chi connectivity index (χ3v) is 4.88. The second-order valence-electron chi connectivity index (χ2n) is 5.76. The minimum Gasteiger partial charge on any atom is -0.409 e. The maximum absolute atomic E-state index is 11.9. The number of rotatable bonds is 7. The molecule has 0 atom stereocenters. The maximum Gasteiger partial charge on any atom is 0.211 e. The molecule has 1 saturated heterocycles. The zero-order valence-electron chi connectivity index (χ0n) is 12.2. The van der Waals surface area contributed by atoms with Crippen LogP contribution in [0.5, 0.6) is 0 Å². The lowest BCUT2D eigenvalue weighted by Crippen LogP contribution is -2.47. The normalized spacial score (nSPS) is 19.6. The second kappa shape index (κ2) is 7.80. The summed E-state index contributed by atoms with van der Waals surface area (Å²) in [6, 6.07) is -0.00398. The molecular weight excluding hydrogens is 280 g/mol. The van der Waals surface area contributed by atoms with E-state index in [1.807, 2.05) is 18.7 Å². The Morgan fingerprint density at radius 2 is 2.05 bits per heavy atom. The number of likely N-dealkylation sites (tertiary alicyclic amines) is 1. The van der Waals surface area contributed by atoms with Crippen LogP contribution in [0, 0.1) is 5.92 Å². The van der Waals surface area contributed by atoms with Crippen molar-refractivity contribution in [1.29, 1.82) is 0 Å². The van der Waals surface area contributed by atoms with Crippen molar-refractivity contribution in [1.82, 2.24) is 9.62 Å². The highest BCUT2D eigenvalue weighted by atomic mass is 32.2. The van der Waals surface area contributed by atoms with Gasteiger partial charge in [-0.25, -0.2) is 13.1 Å². The van der Waals surface area contributed by atoms with Crippen LogP contribution in [0.3, 0.4) is 0 Å². The molecular formula is C12H26N4O3S. The Morgan fingerprint density at radius 1 is 1.45 bits per heavy atom. The Labute approximate surface area is 121 Å². The van der Waals surface area contributed by atoms with Crippen LogP contribution in [0.25, 0.3) is 0 Å². The van der Waals surface area contributed by atoms with Crippen LogP contribution >= 0.6 is 0 Å². The van der Waals surface area contributed by atoms with Crippen molar-refractivity contribution in [2.24, 2.45) is 16.8 Å². The van der Waals surface area contributed by atoms with Gasteiger partial charge in [0.25, 0.3) is 0 Å². The van der Waals surface area contributed by atoms with Gasteiger partial charge in [0, 0.05) is 19.1 Å². The SMILES string of the molecule is CC(C)CCS(=O)(=O)NC1CCN(CC(N)=NO)CC1. The molecule has 0 saturated carbocycles. The Morgan fingerprint density at radius 3 is 2.55 bits per heavy atom. The summed E-state index contributed by atoms with van der Waals surface area (Å²) >= 11 is 0. The van der Waals surface area contributed by atoms with E-state index < -0.39 is 10.0 Å². The molecule has 0 aliphatic carbocycles. The topological polar surface area (TPSA) is 108 Å².